The Morgan fingerprint density at radius 3 is 2.64 bits per heavy atom. The number of imidazole rings is 1. The molecule has 0 aliphatic carbocycles. The van der Waals surface area contributed by atoms with Gasteiger partial charge in [0.25, 0.3) is 0 Å². The van der Waals surface area contributed by atoms with E-state index in [-0.39, 0.29) is 12.6 Å². The Labute approximate surface area is 162 Å². The van der Waals surface area contributed by atoms with E-state index in [1.165, 1.54) is 6.33 Å². The molecule has 0 aliphatic rings. The molecule has 0 spiro atoms. The van der Waals surface area contributed by atoms with E-state index in [1.54, 1.807) is 37.2 Å². The van der Waals surface area contributed by atoms with Gasteiger partial charge < -0.3 is 15.0 Å². The van der Waals surface area contributed by atoms with Crippen molar-refractivity contribution in [3.8, 4) is 11.3 Å². The Balaban J connectivity index is 1.75. The molecule has 8 heteroatoms. The fraction of sp³-hybridized carbons (Fsp3) is 0.150. The van der Waals surface area contributed by atoms with Crippen LogP contribution in [0.1, 0.15) is 5.69 Å². The third-order valence-electron chi connectivity index (χ3n) is 4.34. The van der Waals surface area contributed by atoms with Gasteiger partial charge in [0.1, 0.15) is 18.0 Å². The summed E-state index contributed by atoms with van der Waals surface area (Å²) in [5.74, 6) is 1.34. The van der Waals surface area contributed by atoms with Crippen molar-refractivity contribution in [1.29, 1.82) is 0 Å². The molecule has 0 aromatic carbocycles. The van der Waals surface area contributed by atoms with Crippen LogP contribution in [-0.2, 0) is 6.42 Å². The van der Waals surface area contributed by atoms with E-state index in [2.05, 4.69) is 24.9 Å². The minimum Gasteiger partial charge on any atom is -0.394 e. The van der Waals surface area contributed by atoms with Crippen molar-refractivity contribution in [3.05, 3.63) is 79.5 Å². The highest BCUT2D eigenvalue weighted by Crippen LogP contribution is 2.28. The van der Waals surface area contributed by atoms with Gasteiger partial charge in [-0.3, -0.25) is 4.98 Å². The normalized spacial score (nSPS) is 11.9. The fourth-order valence-corrected chi connectivity index (χ4v) is 3.04. The van der Waals surface area contributed by atoms with Crippen LogP contribution in [0.15, 0.2) is 73.8 Å². The van der Waals surface area contributed by atoms with Gasteiger partial charge in [-0.1, -0.05) is 6.07 Å². The van der Waals surface area contributed by atoms with E-state index < -0.39 is 0 Å². The first-order valence-electron chi connectivity index (χ1n) is 8.86. The number of aliphatic hydroxyl groups excluding tert-OH is 1. The highest BCUT2D eigenvalue weighted by molar-refractivity contribution is 5.64. The van der Waals surface area contributed by atoms with E-state index in [1.807, 2.05) is 35.2 Å². The number of hydrogen-bond donors (Lipinski definition) is 2. The summed E-state index contributed by atoms with van der Waals surface area (Å²) in [4.78, 5) is 26.4. The summed E-state index contributed by atoms with van der Waals surface area (Å²) in [7, 11) is 0. The zero-order chi connectivity index (χ0) is 19.2. The van der Waals surface area contributed by atoms with Gasteiger partial charge >= 0.3 is 0 Å². The van der Waals surface area contributed by atoms with Crippen LogP contribution in [0.2, 0.25) is 0 Å². The maximum absolute atomic E-state index is 10.1. The monoisotopic (exact) mass is 373 g/mol. The maximum Gasteiger partial charge on any atom is 0.137 e. The highest BCUT2D eigenvalue weighted by Gasteiger charge is 2.23. The summed E-state index contributed by atoms with van der Waals surface area (Å²) in [5, 5.41) is 10.1. The van der Waals surface area contributed by atoms with Crippen LogP contribution in [0.25, 0.3) is 11.3 Å². The van der Waals surface area contributed by atoms with E-state index in [4.69, 9.17) is 4.98 Å². The van der Waals surface area contributed by atoms with E-state index in [9.17, 15) is 5.11 Å². The molecule has 4 rings (SSSR count). The molecule has 1 atom stereocenters. The summed E-state index contributed by atoms with van der Waals surface area (Å²) in [6, 6.07) is 11.1. The van der Waals surface area contributed by atoms with Gasteiger partial charge in [-0.2, -0.15) is 0 Å². The third-order valence-corrected chi connectivity index (χ3v) is 4.34. The van der Waals surface area contributed by atoms with E-state index in [0.717, 1.165) is 17.0 Å². The van der Waals surface area contributed by atoms with Crippen LogP contribution >= 0.6 is 0 Å². The van der Waals surface area contributed by atoms with Crippen molar-refractivity contribution in [2.75, 3.05) is 11.5 Å². The highest BCUT2D eigenvalue weighted by atomic mass is 16.3. The number of nitrogens with one attached hydrogen (secondary N) is 1. The Morgan fingerprint density at radius 1 is 0.964 bits per heavy atom. The lowest BCUT2D eigenvalue weighted by atomic mass is 10.1. The molecule has 2 N–H and O–H groups in total. The van der Waals surface area contributed by atoms with Gasteiger partial charge in [-0.15, -0.1) is 0 Å². The van der Waals surface area contributed by atoms with Crippen molar-refractivity contribution in [2.24, 2.45) is 0 Å². The Hall–Kier alpha value is -3.65. The minimum absolute atomic E-state index is 0.0815. The molecule has 0 saturated heterocycles. The lowest BCUT2D eigenvalue weighted by Gasteiger charge is -2.30. The maximum atomic E-state index is 10.1. The molecule has 4 aromatic rings. The van der Waals surface area contributed by atoms with Crippen molar-refractivity contribution in [2.45, 2.75) is 12.5 Å². The number of hydrogen-bond acceptors (Lipinski definition) is 7. The van der Waals surface area contributed by atoms with Gasteiger partial charge in [0, 0.05) is 42.5 Å². The molecule has 0 radical (unpaired) electrons. The first-order valence-corrected chi connectivity index (χ1v) is 8.86. The number of pyridine rings is 2. The van der Waals surface area contributed by atoms with E-state index in [0.29, 0.717) is 18.1 Å². The van der Waals surface area contributed by atoms with Crippen LogP contribution in [0.3, 0.4) is 0 Å². The Bertz CT molecular complexity index is 994. The molecule has 8 nitrogen and oxygen atoms in total. The number of aromatic nitrogens is 6. The average molecular weight is 373 g/mol. The van der Waals surface area contributed by atoms with Gasteiger partial charge in [0.05, 0.1) is 24.7 Å². The minimum atomic E-state index is -0.285. The van der Waals surface area contributed by atoms with Crippen LogP contribution < -0.4 is 4.90 Å². The molecular weight excluding hydrogens is 354 g/mol. The topological polar surface area (TPSA) is 104 Å². The number of nitrogens with zero attached hydrogens (tertiary/aromatic N) is 6. The molecule has 4 aromatic heterocycles. The second-order valence-corrected chi connectivity index (χ2v) is 6.18. The van der Waals surface area contributed by atoms with Crippen molar-refractivity contribution in [1.82, 2.24) is 29.9 Å². The first kappa shape index (κ1) is 17.7. The largest absolute Gasteiger partial charge is 0.394 e. The van der Waals surface area contributed by atoms with Crippen LogP contribution in [0.5, 0.6) is 0 Å². The van der Waals surface area contributed by atoms with Gasteiger partial charge in [0.15, 0.2) is 0 Å². The molecule has 140 valence electrons. The second kappa shape index (κ2) is 8.36. The van der Waals surface area contributed by atoms with Crippen LogP contribution in [-0.4, -0.2) is 47.7 Å². The zero-order valence-corrected chi connectivity index (χ0v) is 15.1. The number of H-pyrrole nitrogens is 1. The molecular formula is C20H19N7O. The number of aliphatic hydroxyl groups is 1. The molecule has 0 bridgehead atoms. The summed E-state index contributed by atoms with van der Waals surface area (Å²) in [6.45, 7) is -0.0815. The third kappa shape index (κ3) is 3.86. The number of aromatic amines is 1. The molecule has 0 fully saturated rings. The molecule has 0 aliphatic heterocycles. The predicted molar refractivity (Wildman–Crippen MR) is 105 cm³/mol. The fourth-order valence-electron chi connectivity index (χ4n) is 3.04. The molecule has 28 heavy (non-hydrogen) atoms. The average Bonchev–Trinajstić information content (AvgIpc) is 3.28. The second-order valence-electron chi connectivity index (χ2n) is 6.18. The van der Waals surface area contributed by atoms with Gasteiger partial charge in [-0.05, 0) is 30.3 Å². The molecule has 4 heterocycles. The molecule has 1 unspecified atom stereocenters. The van der Waals surface area contributed by atoms with Crippen molar-refractivity contribution in [3.63, 3.8) is 0 Å². The lowest BCUT2D eigenvalue weighted by molar-refractivity contribution is 0.263. The molecule has 0 saturated carbocycles. The number of rotatable bonds is 7. The summed E-state index contributed by atoms with van der Waals surface area (Å²) >= 11 is 0. The SMILES string of the molecule is OCC(Cc1cnc[nH]1)N(c1ccncn1)c1cccc(-c2cccnc2)n1. The van der Waals surface area contributed by atoms with Crippen molar-refractivity contribution >= 4 is 11.6 Å². The Kier molecular flexibility index (Phi) is 5.30. The Morgan fingerprint density at radius 2 is 1.93 bits per heavy atom. The zero-order valence-electron chi connectivity index (χ0n) is 15.1. The summed E-state index contributed by atoms with van der Waals surface area (Å²) < 4.78 is 0. The van der Waals surface area contributed by atoms with E-state index >= 15 is 0 Å². The quantitative estimate of drug-likeness (QED) is 0.513. The lowest BCUT2D eigenvalue weighted by Crippen LogP contribution is -2.37. The van der Waals surface area contributed by atoms with Crippen LogP contribution in [0.4, 0.5) is 11.6 Å². The predicted octanol–water partition coefficient (Wildman–Crippen LogP) is 2.40. The van der Waals surface area contributed by atoms with Gasteiger partial charge in [0.2, 0.25) is 0 Å². The smallest absolute Gasteiger partial charge is 0.137 e. The van der Waals surface area contributed by atoms with Crippen LogP contribution in [0, 0.1) is 0 Å². The summed E-state index contributed by atoms with van der Waals surface area (Å²) in [5.41, 5.74) is 2.63. The number of anilines is 2. The van der Waals surface area contributed by atoms with Gasteiger partial charge in [-0.25, -0.2) is 19.9 Å². The van der Waals surface area contributed by atoms with Crippen molar-refractivity contribution < 1.29 is 5.11 Å². The molecule has 0 amide bonds. The standard InChI is InChI=1S/C20H19N7O/c28-12-17(9-16-11-23-14-24-16)27(19-6-8-22-13-25-19)20-5-1-4-18(26-20)15-3-2-7-21-10-15/h1-8,10-11,13-14,17,28H,9,12H2,(H,23,24). The first-order chi connectivity index (χ1) is 13.8. The summed E-state index contributed by atoms with van der Waals surface area (Å²) in [6.07, 6.45) is 10.6.